The van der Waals surface area contributed by atoms with E-state index in [1.165, 1.54) is 0 Å². The monoisotopic (exact) mass is 255 g/mol. The van der Waals surface area contributed by atoms with Crippen molar-refractivity contribution in [2.24, 2.45) is 5.41 Å². The number of piperidine rings is 1. The molecule has 1 aliphatic rings. The molecule has 1 rings (SSSR count). The maximum Gasteiger partial charge on any atom is 0.241 e. The molecular weight excluding hydrogens is 230 g/mol. The van der Waals surface area contributed by atoms with Crippen LogP contribution in [0.4, 0.5) is 0 Å². The van der Waals surface area contributed by atoms with Crippen molar-refractivity contribution in [3.63, 3.8) is 0 Å². The Labute approximate surface area is 109 Å². The molecule has 1 atom stereocenters. The van der Waals surface area contributed by atoms with Crippen molar-refractivity contribution in [1.29, 1.82) is 0 Å². The molecule has 2 N–H and O–H groups in total. The number of rotatable bonds is 5. The highest BCUT2D eigenvalue weighted by molar-refractivity contribution is 5.87. The lowest BCUT2D eigenvalue weighted by atomic mass is 9.82. The van der Waals surface area contributed by atoms with Crippen LogP contribution in [0.15, 0.2) is 0 Å². The number of hydrogen-bond acceptors (Lipinski definition) is 3. The topological polar surface area (TPSA) is 61.4 Å². The summed E-state index contributed by atoms with van der Waals surface area (Å²) in [5, 5.41) is 6.00. The van der Waals surface area contributed by atoms with Crippen molar-refractivity contribution in [2.75, 3.05) is 32.7 Å². The van der Waals surface area contributed by atoms with Gasteiger partial charge in [-0.1, -0.05) is 0 Å². The standard InChI is InChI=1S/C13H25N3O2/c1-4-16(5-2)11(17)9-15-12(18)13(3)7-6-8-14-10-13/h14H,4-10H2,1-3H3,(H,15,18). The Morgan fingerprint density at radius 1 is 1.33 bits per heavy atom. The van der Waals surface area contributed by atoms with E-state index in [1.54, 1.807) is 4.90 Å². The summed E-state index contributed by atoms with van der Waals surface area (Å²) < 4.78 is 0. The fraction of sp³-hybridized carbons (Fsp3) is 0.846. The number of nitrogens with zero attached hydrogens (tertiary/aromatic N) is 1. The second kappa shape index (κ2) is 6.73. The first-order chi connectivity index (χ1) is 8.53. The smallest absolute Gasteiger partial charge is 0.241 e. The van der Waals surface area contributed by atoms with E-state index < -0.39 is 0 Å². The zero-order valence-electron chi connectivity index (χ0n) is 11.7. The lowest BCUT2D eigenvalue weighted by molar-refractivity contribution is -0.136. The molecule has 0 aliphatic carbocycles. The highest BCUT2D eigenvalue weighted by Gasteiger charge is 2.34. The van der Waals surface area contributed by atoms with Gasteiger partial charge in [-0.15, -0.1) is 0 Å². The van der Waals surface area contributed by atoms with Gasteiger partial charge in [0.15, 0.2) is 0 Å². The third-order valence-electron chi connectivity index (χ3n) is 3.66. The van der Waals surface area contributed by atoms with Gasteiger partial charge in [0.2, 0.25) is 11.8 Å². The summed E-state index contributed by atoms with van der Waals surface area (Å²) in [5.41, 5.74) is -0.373. The van der Waals surface area contributed by atoms with Gasteiger partial charge in [-0.25, -0.2) is 0 Å². The number of nitrogens with one attached hydrogen (secondary N) is 2. The number of carbonyl (C=O) groups is 2. The summed E-state index contributed by atoms with van der Waals surface area (Å²) in [7, 11) is 0. The lowest BCUT2D eigenvalue weighted by Gasteiger charge is -2.32. The first kappa shape index (κ1) is 15.0. The second-order valence-corrected chi connectivity index (χ2v) is 5.09. The van der Waals surface area contributed by atoms with Crippen LogP contribution in [0.25, 0.3) is 0 Å². The molecule has 5 nitrogen and oxygen atoms in total. The van der Waals surface area contributed by atoms with E-state index in [2.05, 4.69) is 10.6 Å². The fourth-order valence-electron chi connectivity index (χ4n) is 2.31. The van der Waals surface area contributed by atoms with Crippen molar-refractivity contribution < 1.29 is 9.59 Å². The van der Waals surface area contributed by atoms with E-state index in [4.69, 9.17) is 0 Å². The molecular formula is C13H25N3O2. The van der Waals surface area contributed by atoms with Crippen LogP contribution in [0.1, 0.15) is 33.6 Å². The Kier molecular flexibility index (Phi) is 5.59. The number of carbonyl (C=O) groups excluding carboxylic acids is 2. The van der Waals surface area contributed by atoms with Crippen LogP contribution in [-0.2, 0) is 9.59 Å². The van der Waals surface area contributed by atoms with E-state index in [1.807, 2.05) is 20.8 Å². The van der Waals surface area contributed by atoms with Gasteiger partial charge in [0, 0.05) is 19.6 Å². The van der Waals surface area contributed by atoms with Crippen molar-refractivity contribution in [3.8, 4) is 0 Å². The molecule has 0 aromatic carbocycles. The zero-order valence-corrected chi connectivity index (χ0v) is 11.7. The largest absolute Gasteiger partial charge is 0.347 e. The summed E-state index contributed by atoms with van der Waals surface area (Å²) in [6, 6.07) is 0. The Morgan fingerprint density at radius 3 is 2.50 bits per heavy atom. The molecule has 0 saturated carbocycles. The molecule has 5 heteroatoms. The fourth-order valence-corrected chi connectivity index (χ4v) is 2.31. The first-order valence-corrected chi connectivity index (χ1v) is 6.80. The number of amides is 2. The average Bonchev–Trinajstić information content (AvgIpc) is 2.38. The van der Waals surface area contributed by atoms with Gasteiger partial charge in [0.05, 0.1) is 12.0 Å². The summed E-state index contributed by atoms with van der Waals surface area (Å²) in [6.45, 7) is 8.98. The summed E-state index contributed by atoms with van der Waals surface area (Å²) >= 11 is 0. The van der Waals surface area contributed by atoms with Crippen LogP contribution in [0, 0.1) is 5.41 Å². The van der Waals surface area contributed by atoms with E-state index in [-0.39, 0.29) is 23.8 Å². The third kappa shape index (κ3) is 3.70. The molecule has 1 unspecified atom stereocenters. The van der Waals surface area contributed by atoms with Gasteiger partial charge in [0.25, 0.3) is 0 Å². The van der Waals surface area contributed by atoms with Crippen molar-refractivity contribution >= 4 is 11.8 Å². The first-order valence-electron chi connectivity index (χ1n) is 6.80. The quantitative estimate of drug-likeness (QED) is 0.746. The van der Waals surface area contributed by atoms with Crippen LogP contribution in [0.3, 0.4) is 0 Å². The van der Waals surface area contributed by atoms with Gasteiger partial charge in [-0.05, 0) is 40.2 Å². The summed E-state index contributed by atoms with van der Waals surface area (Å²) in [6.07, 6.45) is 1.89. The Hall–Kier alpha value is -1.10. The maximum absolute atomic E-state index is 12.1. The normalized spacial score (nSPS) is 23.5. The van der Waals surface area contributed by atoms with Crippen LogP contribution >= 0.6 is 0 Å². The molecule has 1 aliphatic heterocycles. The SMILES string of the molecule is CCN(CC)C(=O)CNC(=O)C1(C)CCCNC1. The third-order valence-corrected chi connectivity index (χ3v) is 3.66. The molecule has 0 aromatic rings. The molecule has 0 bridgehead atoms. The van der Waals surface area contributed by atoms with E-state index in [0.29, 0.717) is 19.6 Å². The second-order valence-electron chi connectivity index (χ2n) is 5.09. The average molecular weight is 255 g/mol. The zero-order chi connectivity index (χ0) is 13.6. The number of likely N-dealkylation sites (N-methyl/N-ethyl adjacent to an activating group) is 1. The predicted octanol–water partition coefficient (Wildman–Crippen LogP) is 0.361. The van der Waals surface area contributed by atoms with E-state index in [0.717, 1.165) is 19.4 Å². The minimum atomic E-state index is -0.373. The van der Waals surface area contributed by atoms with E-state index >= 15 is 0 Å². The predicted molar refractivity (Wildman–Crippen MR) is 71.1 cm³/mol. The van der Waals surface area contributed by atoms with Gasteiger partial charge >= 0.3 is 0 Å². The molecule has 104 valence electrons. The van der Waals surface area contributed by atoms with Crippen molar-refractivity contribution in [1.82, 2.24) is 15.5 Å². The van der Waals surface area contributed by atoms with Gasteiger partial charge in [0.1, 0.15) is 0 Å². The molecule has 18 heavy (non-hydrogen) atoms. The highest BCUT2D eigenvalue weighted by Crippen LogP contribution is 2.25. The van der Waals surface area contributed by atoms with Crippen LogP contribution < -0.4 is 10.6 Å². The molecule has 1 heterocycles. The highest BCUT2D eigenvalue weighted by atomic mass is 16.2. The van der Waals surface area contributed by atoms with E-state index in [9.17, 15) is 9.59 Å². The molecule has 1 saturated heterocycles. The van der Waals surface area contributed by atoms with Crippen molar-refractivity contribution in [3.05, 3.63) is 0 Å². The summed E-state index contributed by atoms with van der Waals surface area (Å²) in [5.74, 6) is -0.0316. The van der Waals surface area contributed by atoms with Gasteiger partial charge < -0.3 is 15.5 Å². The maximum atomic E-state index is 12.1. The minimum absolute atomic E-state index is 0.0132. The van der Waals surface area contributed by atoms with Crippen molar-refractivity contribution in [2.45, 2.75) is 33.6 Å². The van der Waals surface area contributed by atoms with Gasteiger partial charge in [-0.3, -0.25) is 9.59 Å². The Morgan fingerprint density at radius 2 is 2.00 bits per heavy atom. The van der Waals surface area contributed by atoms with Crippen LogP contribution in [0.2, 0.25) is 0 Å². The van der Waals surface area contributed by atoms with Crippen LogP contribution in [-0.4, -0.2) is 49.4 Å². The Bertz CT molecular complexity index is 295. The number of hydrogen-bond donors (Lipinski definition) is 2. The van der Waals surface area contributed by atoms with Crippen LogP contribution in [0.5, 0.6) is 0 Å². The molecule has 0 aromatic heterocycles. The Balaban J connectivity index is 2.42. The molecule has 2 amide bonds. The molecule has 0 spiro atoms. The minimum Gasteiger partial charge on any atom is -0.347 e. The molecule has 1 fully saturated rings. The lowest BCUT2D eigenvalue weighted by Crippen LogP contribution is -2.50. The molecule has 0 radical (unpaired) electrons. The summed E-state index contributed by atoms with van der Waals surface area (Å²) in [4.78, 5) is 25.6. The van der Waals surface area contributed by atoms with Gasteiger partial charge in [-0.2, -0.15) is 0 Å².